The highest BCUT2D eigenvalue weighted by Gasteiger charge is 2.23. The molecule has 0 saturated carbocycles. The van der Waals surface area contributed by atoms with E-state index >= 15 is 0 Å². The predicted octanol–water partition coefficient (Wildman–Crippen LogP) is 3.37. The number of hydrogen-bond acceptors (Lipinski definition) is 4. The average molecular weight is 492 g/mol. The fourth-order valence-electron chi connectivity index (χ4n) is 3.17. The van der Waals surface area contributed by atoms with Gasteiger partial charge in [0, 0.05) is 20.1 Å². The number of aliphatic imine (C=N–C) groups is 1. The molecule has 1 aromatic carbocycles. The summed E-state index contributed by atoms with van der Waals surface area (Å²) >= 11 is 1.88. The Kier molecular flexibility index (Phi) is 12.1. The zero-order valence-corrected chi connectivity index (χ0v) is 19.3. The van der Waals surface area contributed by atoms with Crippen LogP contribution in [0.5, 0.6) is 5.75 Å². The first kappa shape index (κ1) is 23.4. The minimum absolute atomic E-state index is 0. The van der Waals surface area contributed by atoms with Crippen LogP contribution < -0.4 is 15.4 Å². The van der Waals surface area contributed by atoms with Crippen LogP contribution in [-0.4, -0.2) is 63.2 Å². The summed E-state index contributed by atoms with van der Waals surface area (Å²) < 4.78 is 5.29. The van der Waals surface area contributed by atoms with E-state index in [4.69, 9.17) is 4.74 Å². The molecule has 2 rings (SSSR count). The SMILES string of the molecule is CN=C(NCCCSC)NCC(c1ccc(OC)cc1)N1CCCC1.I. The van der Waals surface area contributed by atoms with Crippen molar-refractivity contribution in [1.82, 2.24) is 15.5 Å². The van der Waals surface area contributed by atoms with E-state index < -0.39 is 0 Å². The highest BCUT2D eigenvalue weighted by atomic mass is 127. The molecule has 0 amide bonds. The molecule has 0 radical (unpaired) electrons. The first-order valence-electron chi connectivity index (χ1n) is 9.10. The standard InChI is InChI=1S/C19H32N4OS.HI/c1-20-19(21-11-6-14-25-3)22-15-18(23-12-4-5-13-23)16-7-9-17(24-2)10-8-16;/h7-10,18H,4-6,11-15H2,1-3H3,(H2,20,21,22);1H. The number of guanidine groups is 1. The van der Waals surface area contributed by atoms with Gasteiger partial charge in [-0.05, 0) is 62.1 Å². The lowest BCUT2D eigenvalue weighted by Gasteiger charge is -2.29. The Hall–Kier alpha value is -0.670. The summed E-state index contributed by atoms with van der Waals surface area (Å²) in [6.45, 7) is 4.14. The molecular formula is C19H33IN4OS. The number of hydrogen-bond donors (Lipinski definition) is 2. The molecule has 1 atom stereocenters. The largest absolute Gasteiger partial charge is 0.497 e. The number of ether oxygens (including phenoxy) is 1. The number of likely N-dealkylation sites (tertiary alicyclic amines) is 1. The summed E-state index contributed by atoms with van der Waals surface area (Å²) in [6, 6.07) is 8.82. The zero-order chi connectivity index (χ0) is 17.9. The van der Waals surface area contributed by atoms with Gasteiger partial charge in [-0.3, -0.25) is 9.89 Å². The lowest BCUT2D eigenvalue weighted by molar-refractivity contribution is 0.245. The molecule has 1 unspecified atom stereocenters. The van der Waals surface area contributed by atoms with Gasteiger partial charge >= 0.3 is 0 Å². The average Bonchev–Trinajstić information content (AvgIpc) is 3.18. The van der Waals surface area contributed by atoms with E-state index in [-0.39, 0.29) is 24.0 Å². The fraction of sp³-hybridized carbons (Fsp3) is 0.632. The Morgan fingerprint density at radius 1 is 1.23 bits per heavy atom. The van der Waals surface area contributed by atoms with Crippen molar-refractivity contribution in [3.63, 3.8) is 0 Å². The van der Waals surface area contributed by atoms with Gasteiger partial charge in [-0.25, -0.2) is 0 Å². The predicted molar refractivity (Wildman–Crippen MR) is 124 cm³/mol. The highest BCUT2D eigenvalue weighted by molar-refractivity contribution is 14.0. The molecule has 5 nitrogen and oxygen atoms in total. The zero-order valence-electron chi connectivity index (χ0n) is 16.2. The van der Waals surface area contributed by atoms with Gasteiger partial charge in [0.1, 0.15) is 5.75 Å². The quantitative estimate of drug-likeness (QED) is 0.240. The molecule has 1 fully saturated rings. The summed E-state index contributed by atoms with van der Waals surface area (Å²) in [5, 5.41) is 6.92. The molecule has 1 aliphatic heterocycles. The molecule has 148 valence electrons. The van der Waals surface area contributed by atoms with E-state index in [9.17, 15) is 0 Å². The van der Waals surface area contributed by atoms with Crippen molar-refractivity contribution < 1.29 is 4.74 Å². The van der Waals surface area contributed by atoms with Crippen LogP contribution in [0.25, 0.3) is 0 Å². The van der Waals surface area contributed by atoms with E-state index in [1.54, 1.807) is 7.11 Å². The van der Waals surface area contributed by atoms with Crippen LogP contribution in [-0.2, 0) is 0 Å². The number of nitrogens with zero attached hydrogens (tertiary/aromatic N) is 2. The van der Waals surface area contributed by atoms with Crippen molar-refractivity contribution in [3.8, 4) is 5.75 Å². The van der Waals surface area contributed by atoms with Gasteiger partial charge in [0.15, 0.2) is 5.96 Å². The second-order valence-electron chi connectivity index (χ2n) is 6.26. The topological polar surface area (TPSA) is 48.9 Å². The first-order valence-corrected chi connectivity index (χ1v) is 10.5. The van der Waals surface area contributed by atoms with E-state index in [2.05, 4.69) is 38.9 Å². The number of benzene rings is 1. The third-order valence-electron chi connectivity index (χ3n) is 4.59. The molecule has 1 aliphatic rings. The van der Waals surface area contributed by atoms with Crippen LogP contribution in [0.3, 0.4) is 0 Å². The first-order chi connectivity index (χ1) is 12.3. The van der Waals surface area contributed by atoms with Crippen molar-refractivity contribution >= 4 is 41.7 Å². The van der Waals surface area contributed by atoms with Gasteiger partial charge in [-0.2, -0.15) is 11.8 Å². The van der Waals surface area contributed by atoms with Crippen LogP contribution in [0.2, 0.25) is 0 Å². The molecule has 0 spiro atoms. The van der Waals surface area contributed by atoms with Gasteiger partial charge in [-0.1, -0.05) is 12.1 Å². The fourth-order valence-corrected chi connectivity index (χ4v) is 3.61. The van der Waals surface area contributed by atoms with Crippen LogP contribution in [0.1, 0.15) is 30.9 Å². The molecule has 1 aromatic rings. The second kappa shape index (κ2) is 13.5. The van der Waals surface area contributed by atoms with E-state index in [1.165, 1.54) is 24.2 Å². The monoisotopic (exact) mass is 492 g/mol. The molecule has 0 aliphatic carbocycles. The maximum atomic E-state index is 5.29. The summed E-state index contributed by atoms with van der Waals surface area (Å²) in [6.07, 6.45) is 5.86. The Labute approximate surface area is 179 Å². The van der Waals surface area contributed by atoms with Gasteiger partial charge in [0.05, 0.1) is 13.2 Å². The Morgan fingerprint density at radius 3 is 2.50 bits per heavy atom. The van der Waals surface area contributed by atoms with Gasteiger partial charge in [0.2, 0.25) is 0 Å². The maximum absolute atomic E-state index is 5.29. The maximum Gasteiger partial charge on any atom is 0.191 e. The number of rotatable bonds is 9. The van der Waals surface area contributed by atoms with Crippen molar-refractivity contribution in [2.45, 2.75) is 25.3 Å². The molecule has 2 N–H and O–H groups in total. The smallest absolute Gasteiger partial charge is 0.191 e. The summed E-state index contributed by atoms with van der Waals surface area (Å²) in [5.74, 6) is 2.97. The third kappa shape index (κ3) is 7.52. The van der Waals surface area contributed by atoms with Gasteiger partial charge in [-0.15, -0.1) is 24.0 Å². The number of thioether (sulfide) groups is 1. The Bertz CT molecular complexity index is 521. The second-order valence-corrected chi connectivity index (χ2v) is 7.24. The normalized spacial score (nSPS) is 16.0. The summed E-state index contributed by atoms with van der Waals surface area (Å²) in [7, 11) is 3.55. The molecule has 26 heavy (non-hydrogen) atoms. The lowest BCUT2D eigenvalue weighted by atomic mass is 10.1. The van der Waals surface area contributed by atoms with E-state index in [0.29, 0.717) is 6.04 Å². The van der Waals surface area contributed by atoms with Crippen molar-refractivity contribution in [1.29, 1.82) is 0 Å². The molecule has 0 aromatic heterocycles. The molecular weight excluding hydrogens is 459 g/mol. The minimum atomic E-state index is 0. The van der Waals surface area contributed by atoms with Gasteiger partial charge < -0.3 is 15.4 Å². The lowest BCUT2D eigenvalue weighted by Crippen LogP contribution is -2.43. The van der Waals surface area contributed by atoms with Crippen molar-refractivity contribution in [2.24, 2.45) is 4.99 Å². The van der Waals surface area contributed by atoms with Crippen molar-refractivity contribution in [2.75, 3.05) is 52.3 Å². The number of methoxy groups -OCH3 is 1. The van der Waals surface area contributed by atoms with Crippen LogP contribution in [0.4, 0.5) is 0 Å². The third-order valence-corrected chi connectivity index (χ3v) is 5.28. The van der Waals surface area contributed by atoms with E-state index in [1.807, 2.05) is 30.9 Å². The highest BCUT2D eigenvalue weighted by Crippen LogP contribution is 2.26. The molecule has 1 saturated heterocycles. The number of halogens is 1. The Morgan fingerprint density at radius 2 is 1.92 bits per heavy atom. The molecule has 7 heteroatoms. The van der Waals surface area contributed by atoms with Gasteiger partial charge in [0.25, 0.3) is 0 Å². The van der Waals surface area contributed by atoms with Crippen molar-refractivity contribution in [3.05, 3.63) is 29.8 Å². The van der Waals surface area contributed by atoms with Crippen LogP contribution in [0, 0.1) is 0 Å². The summed E-state index contributed by atoms with van der Waals surface area (Å²) in [5.41, 5.74) is 1.33. The number of nitrogens with one attached hydrogen (secondary N) is 2. The minimum Gasteiger partial charge on any atom is -0.497 e. The molecule has 0 bridgehead atoms. The van der Waals surface area contributed by atoms with Crippen LogP contribution in [0.15, 0.2) is 29.3 Å². The molecule has 1 heterocycles. The van der Waals surface area contributed by atoms with Crippen LogP contribution >= 0.6 is 35.7 Å². The van der Waals surface area contributed by atoms with E-state index in [0.717, 1.165) is 44.3 Å². The summed E-state index contributed by atoms with van der Waals surface area (Å²) in [4.78, 5) is 6.92. The Balaban J connectivity index is 0.00000338.